The van der Waals surface area contributed by atoms with Crippen molar-refractivity contribution in [3.05, 3.63) is 0 Å². The van der Waals surface area contributed by atoms with Crippen LogP contribution in [0, 0.1) is 0 Å². The third-order valence-corrected chi connectivity index (χ3v) is 2.25. The Morgan fingerprint density at radius 3 is 2.53 bits per heavy atom. The van der Waals surface area contributed by atoms with Gasteiger partial charge in [0.2, 0.25) is 0 Å². The molecule has 0 aromatic carbocycles. The average Bonchev–Trinajstić information content (AvgIpc) is 2.66. The molecule has 8 heteroatoms. The van der Waals surface area contributed by atoms with Crippen LogP contribution in [0.4, 0.5) is 0 Å². The van der Waals surface area contributed by atoms with Crippen LogP contribution >= 0.6 is 0 Å². The second-order valence-electron chi connectivity index (χ2n) is 3.57. The third kappa shape index (κ3) is 4.33. The summed E-state index contributed by atoms with van der Waals surface area (Å²) >= 11 is 0. The topological polar surface area (TPSA) is 114 Å². The molecule has 1 rings (SSSR count). The highest BCUT2D eigenvalue weighted by Gasteiger charge is 2.36. The fraction of sp³-hybridized carbons (Fsp3) is 0.778. The molecular weight excluding hydrogens is 227 g/mol. The Hall–Kier alpha value is -1.12. The number of carbonyl (C=O) groups excluding carboxylic acids is 2. The molecule has 1 aliphatic rings. The summed E-state index contributed by atoms with van der Waals surface area (Å²) in [4.78, 5) is 21.9. The molecule has 1 unspecified atom stereocenters. The first-order valence-corrected chi connectivity index (χ1v) is 5.23. The van der Waals surface area contributed by atoms with E-state index in [4.69, 9.17) is 33.5 Å². The van der Waals surface area contributed by atoms with Gasteiger partial charge in [0, 0.05) is 12.4 Å². The van der Waals surface area contributed by atoms with Crippen molar-refractivity contribution in [3.63, 3.8) is 0 Å². The van der Waals surface area contributed by atoms with E-state index in [1.54, 1.807) is 0 Å². The van der Waals surface area contributed by atoms with Crippen molar-refractivity contribution in [3.8, 4) is 0 Å². The van der Waals surface area contributed by atoms with Gasteiger partial charge in [0.15, 0.2) is 0 Å². The van der Waals surface area contributed by atoms with E-state index < -0.39 is 30.1 Å². The Bertz CT molecular complexity index is 289. The first-order chi connectivity index (χ1) is 8.06. The van der Waals surface area contributed by atoms with E-state index in [1.165, 1.54) is 0 Å². The maximum atomic E-state index is 11.0. The molecule has 7 nitrogen and oxygen atoms in total. The first kappa shape index (κ1) is 13.9. The lowest BCUT2D eigenvalue weighted by molar-refractivity contribution is -0.155. The van der Waals surface area contributed by atoms with E-state index in [9.17, 15) is 9.59 Å². The number of hydrogen-bond donors (Lipinski definition) is 2. The van der Waals surface area contributed by atoms with Gasteiger partial charge in [-0.3, -0.25) is 9.59 Å². The summed E-state index contributed by atoms with van der Waals surface area (Å²) in [6.45, 7) is -0.487. The molecule has 4 N–H and O–H groups in total. The lowest BCUT2D eigenvalue weighted by Crippen LogP contribution is -2.34. The normalized spacial score (nSPS) is 27.8. The molecule has 0 aromatic heterocycles. The quantitative estimate of drug-likeness (QED) is 0.409. The number of esters is 2. The van der Waals surface area contributed by atoms with Gasteiger partial charge in [-0.2, -0.15) is 0 Å². The highest BCUT2D eigenvalue weighted by Crippen LogP contribution is 2.22. The molecule has 1 heterocycles. The van der Waals surface area contributed by atoms with Crippen LogP contribution < -0.4 is 11.5 Å². The minimum Gasteiger partial charge on any atom is -0.462 e. The van der Waals surface area contributed by atoms with Crippen molar-refractivity contribution >= 4 is 19.8 Å². The average molecular weight is 242 g/mol. The molecule has 0 amide bonds. The Labute approximate surface area is 100 Å². The van der Waals surface area contributed by atoms with Gasteiger partial charge in [-0.15, -0.1) is 0 Å². The predicted molar refractivity (Wildman–Crippen MR) is 58.0 cm³/mol. The second kappa shape index (κ2) is 6.58. The van der Waals surface area contributed by atoms with E-state index >= 15 is 0 Å². The zero-order valence-electron chi connectivity index (χ0n) is 9.33. The standard InChI is InChI=1S/C9H15BN2O5/c10-7-1-5(17-9(14)3-12)6(16-7)4-15-8(13)2-11/h5-7H,1-4,11-12H2/t5?,6-,7-/m0/s1. The number of hydrogen-bond acceptors (Lipinski definition) is 7. The Balaban J connectivity index is 2.44. The molecule has 0 aromatic rings. The monoisotopic (exact) mass is 242 g/mol. The van der Waals surface area contributed by atoms with Gasteiger partial charge in [-0.25, -0.2) is 0 Å². The zero-order chi connectivity index (χ0) is 12.8. The summed E-state index contributed by atoms with van der Waals surface area (Å²) in [6, 6.07) is -0.549. The van der Waals surface area contributed by atoms with E-state index in [-0.39, 0.29) is 19.7 Å². The predicted octanol–water partition coefficient (Wildman–Crippen LogP) is -2.36. The number of ether oxygens (including phenoxy) is 3. The second-order valence-corrected chi connectivity index (χ2v) is 3.57. The Morgan fingerprint density at radius 2 is 1.94 bits per heavy atom. The van der Waals surface area contributed by atoms with Crippen LogP contribution in [-0.4, -0.2) is 57.7 Å². The first-order valence-electron chi connectivity index (χ1n) is 5.23. The summed E-state index contributed by atoms with van der Waals surface area (Å²) in [6.07, 6.45) is -0.779. The number of nitrogens with two attached hydrogens (primary N) is 2. The van der Waals surface area contributed by atoms with Crippen LogP contribution in [0.5, 0.6) is 0 Å². The fourth-order valence-electron chi connectivity index (χ4n) is 1.47. The largest absolute Gasteiger partial charge is 0.462 e. The number of rotatable bonds is 5. The smallest absolute Gasteiger partial charge is 0.320 e. The van der Waals surface area contributed by atoms with Crippen molar-refractivity contribution in [1.82, 2.24) is 0 Å². The maximum Gasteiger partial charge on any atom is 0.320 e. The minimum absolute atomic E-state index is 0.0494. The lowest BCUT2D eigenvalue weighted by Gasteiger charge is -2.18. The highest BCUT2D eigenvalue weighted by molar-refractivity contribution is 6.11. The van der Waals surface area contributed by atoms with Gasteiger partial charge in [-0.05, 0) is 0 Å². The van der Waals surface area contributed by atoms with Gasteiger partial charge in [0.1, 0.15) is 26.7 Å². The number of carbonyl (C=O) groups is 2. The van der Waals surface area contributed by atoms with Crippen molar-refractivity contribution in [2.24, 2.45) is 11.5 Å². The Morgan fingerprint density at radius 1 is 1.29 bits per heavy atom. The van der Waals surface area contributed by atoms with Crippen molar-refractivity contribution in [2.75, 3.05) is 19.7 Å². The molecule has 17 heavy (non-hydrogen) atoms. The van der Waals surface area contributed by atoms with Crippen LogP contribution in [0.2, 0.25) is 0 Å². The molecular formula is C9H15BN2O5. The van der Waals surface area contributed by atoms with Crippen molar-refractivity contribution in [2.45, 2.75) is 24.6 Å². The molecule has 94 valence electrons. The van der Waals surface area contributed by atoms with Crippen LogP contribution in [0.15, 0.2) is 0 Å². The molecule has 2 radical (unpaired) electrons. The van der Waals surface area contributed by atoms with Crippen LogP contribution in [0.25, 0.3) is 0 Å². The van der Waals surface area contributed by atoms with E-state index in [2.05, 4.69) is 0 Å². The minimum atomic E-state index is -0.573. The molecule has 0 bridgehead atoms. The van der Waals surface area contributed by atoms with E-state index in [0.29, 0.717) is 6.42 Å². The van der Waals surface area contributed by atoms with Gasteiger partial charge >= 0.3 is 11.9 Å². The SMILES string of the molecule is [B][C@@H]1CC(OC(=O)CN)[C@H](COC(=O)CN)O1. The summed E-state index contributed by atoms with van der Waals surface area (Å²) < 4.78 is 15.1. The van der Waals surface area contributed by atoms with Gasteiger partial charge in [-0.1, -0.05) is 0 Å². The summed E-state index contributed by atoms with van der Waals surface area (Å²) in [5, 5.41) is 0. The highest BCUT2D eigenvalue weighted by atomic mass is 16.6. The molecule has 0 saturated carbocycles. The maximum absolute atomic E-state index is 11.0. The van der Waals surface area contributed by atoms with Gasteiger partial charge in [0.05, 0.1) is 13.1 Å². The summed E-state index contributed by atoms with van der Waals surface area (Å²) in [7, 11) is 5.56. The van der Waals surface area contributed by atoms with E-state index in [1.807, 2.05) is 0 Å². The molecule has 0 spiro atoms. The summed E-state index contributed by atoms with van der Waals surface area (Å²) in [5.41, 5.74) is 10.2. The third-order valence-electron chi connectivity index (χ3n) is 2.25. The lowest BCUT2D eigenvalue weighted by atomic mass is 9.96. The van der Waals surface area contributed by atoms with Crippen molar-refractivity contribution < 1.29 is 23.8 Å². The Kier molecular flexibility index (Phi) is 5.40. The molecule has 3 atom stereocenters. The van der Waals surface area contributed by atoms with Crippen LogP contribution in [-0.2, 0) is 23.8 Å². The molecule has 0 aliphatic carbocycles. The fourth-order valence-corrected chi connectivity index (χ4v) is 1.47. The molecule has 1 aliphatic heterocycles. The molecule has 1 fully saturated rings. The van der Waals surface area contributed by atoms with E-state index in [0.717, 1.165) is 0 Å². The van der Waals surface area contributed by atoms with Crippen LogP contribution in [0.1, 0.15) is 6.42 Å². The van der Waals surface area contributed by atoms with Crippen LogP contribution in [0.3, 0.4) is 0 Å². The molecule has 1 saturated heterocycles. The van der Waals surface area contributed by atoms with Gasteiger partial charge < -0.3 is 25.7 Å². The zero-order valence-corrected chi connectivity index (χ0v) is 9.33. The van der Waals surface area contributed by atoms with Crippen molar-refractivity contribution in [1.29, 1.82) is 0 Å². The summed E-state index contributed by atoms with van der Waals surface area (Å²) in [5.74, 6) is -1.11. The van der Waals surface area contributed by atoms with Gasteiger partial charge in [0.25, 0.3) is 0 Å².